The Morgan fingerprint density at radius 2 is 2.50 bits per heavy atom. The van der Waals surface area contributed by atoms with Crippen LogP contribution in [0.1, 0.15) is 6.42 Å². The molecule has 0 unspecified atom stereocenters. The molecular weight excluding hydrogens is 128 g/mol. The van der Waals surface area contributed by atoms with E-state index in [0.29, 0.717) is 17.7 Å². The SMILES string of the molecule is [N-]=[N+]=C1C=CC=C(C=O)C1. The van der Waals surface area contributed by atoms with E-state index in [9.17, 15) is 4.79 Å². The molecule has 0 N–H and O–H groups in total. The Hall–Kier alpha value is -1.47. The molecule has 0 bridgehead atoms. The average molecular weight is 134 g/mol. The van der Waals surface area contributed by atoms with Crippen LogP contribution in [0.2, 0.25) is 0 Å². The number of nitrogens with zero attached hydrogens (tertiary/aromatic N) is 2. The van der Waals surface area contributed by atoms with Crippen LogP contribution < -0.4 is 0 Å². The van der Waals surface area contributed by atoms with Gasteiger partial charge in [-0.3, -0.25) is 4.79 Å². The summed E-state index contributed by atoms with van der Waals surface area (Å²) < 4.78 is 0. The summed E-state index contributed by atoms with van der Waals surface area (Å²) in [4.78, 5) is 13.2. The predicted molar refractivity (Wildman–Crippen MR) is 36.5 cm³/mol. The third-order valence-electron chi connectivity index (χ3n) is 1.26. The summed E-state index contributed by atoms with van der Waals surface area (Å²) in [6, 6.07) is 0. The van der Waals surface area contributed by atoms with Gasteiger partial charge in [-0.25, -0.2) is 0 Å². The van der Waals surface area contributed by atoms with E-state index in [1.807, 2.05) is 0 Å². The molecule has 0 amide bonds. The molecule has 0 spiro atoms. The number of carbonyl (C=O) groups is 1. The molecule has 1 aliphatic rings. The summed E-state index contributed by atoms with van der Waals surface area (Å²) in [5, 5.41) is 0. The highest BCUT2D eigenvalue weighted by Gasteiger charge is 2.09. The van der Waals surface area contributed by atoms with Gasteiger partial charge in [0.25, 0.3) is 5.71 Å². The molecule has 1 aliphatic carbocycles. The molecule has 0 radical (unpaired) electrons. The highest BCUT2D eigenvalue weighted by Crippen LogP contribution is 2.04. The van der Waals surface area contributed by atoms with Crippen LogP contribution in [0.5, 0.6) is 0 Å². The van der Waals surface area contributed by atoms with E-state index in [2.05, 4.69) is 4.79 Å². The third kappa shape index (κ3) is 1.27. The van der Waals surface area contributed by atoms with Crippen LogP contribution in [-0.2, 0) is 4.79 Å². The van der Waals surface area contributed by atoms with Crippen LogP contribution in [-0.4, -0.2) is 16.8 Å². The molecule has 0 saturated carbocycles. The normalized spacial score (nSPS) is 16.0. The summed E-state index contributed by atoms with van der Waals surface area (Å²) in [7, 11) is 0. The maximum Gasteiger partial charge on any atom is 0.296 e. The number of hydrogen-bond donors (Lipinski definition) is 0. The second kappa shape index (κ2) is 2.90. The summed E-state index contributed by atoms with van der Waals surface area (Å²) in [5.74, 6) is 0. The zero-order chi connectivity index (χ0) is 7.40. The molecule has 0 aromatic carbocycles. The smallest absolute Gasteiger partial charge is 0.296 e. The van der Waals surface area contributed by atoms with Gasteiger partial charge in [-0.15, -0.1) is 0 Å². The van der Waals surface area contributed by atoms with Gasteiger partial charge in [0.15, 0.2) is 0 Å². The first-order chi connectivity index (χ1) is 4.86. The van der Waals surface area contributed by atoms with Crippen molar-refractivity contribution in [1.29, 1.82) is 0 Å². The first kappa shape index (κ1) is 6.65. The molecule has 0 aliphatic heterocycles. The minimum atomic E-state index is 0.427. The van der Waals surface area contributed by atoms with E-state index in [1.54, 1.807) is 18.2 Å². The molecule has 0 atom stereocenters. The van der Waals surface area contributed by atoms with Crippen molar-refractivity contribution in [3.8, 4) is 0 Å². The maximum atomic E-state index is 10.2. The van der Waals surface area contributed by atoms with E-state index in [4.69, 9.17) is 5.53 Å². The highest BCUT2D eigenvalue weighted by molar-refractivity contribution is 5.98. The standard InChI is InChI=1S/C7H6N2O/c8-9-7-3-1-2-6(4-7)5-10/h1-3,5H,4H2. The van der Waals surface area contributed by atoms with Gasteiger partial charge in [0.2, 0.25) is 0 Å². The van der Waals surface area contributed by atoms with Crippen molar-refractivity contribution in [2.45, 2.75) is 6.42 Å². The van der Waals surface area contributed by atoms with Crippen LogP contribution in [0.15, 0.2) is 23.8 Å². The van der Waals surface area contributed by atoms with Crippen molar-refractivity contribution in [1.82, 2.24) is 0 Å². The predicted octanol–water partition coefficient (Wildman–Crippen LogP) is 0.742. The summed E-state index contributed by atoms with van der Waals surface area (Å²) in [6.07, 6.45) is 6.22. The first-order valence-electron chi connectivity index (χ1n) is 2.90. The fraction of sp³-hybridized carbons (Fsp3) is 0.143. The average Bonchev–Trinajstić information content (AvgIpc) is 2.05. The van der Waals surface area contributed by atoms with Crippen molar-refractivity contribution in [2.24, 2.45) is 0 Å². The van der Waals surface area contributed by atoms with Crippen LogP contribution in [0, 0.1) is 0 Å². The Morgan fingerprint density at radius 1 is 1.70 bits per heavy atom. The minimum Gasteiger partial charge on any atom is -0.361 e. The molecule has 3 heteroatoms. The monoisotopic (exact) mass is 134 g/mol. The van der Waals surface area contributed by atoms with Gasteiger partial charge in [-0.1, -0.05) is 12.2 Å². The molecule has 0 heterocycles. The van der Waals surface area contributed by atoms with Crippen molar-refractivity contribution in [3.63, 3.8) is 0 Å². The molecule has 0 aromatic rings. The van der Waals surface area contributed by atoms with Crippen molar-refractivity contribution >= 4 is 12.0 Å². The Kier molecular flexibility index (Phi) is 1.92. The first-order valence-corrected chi connectivity index (χ1v) is 2.90. The summed E-state index contributed by atoms with van der Waals surface area (Å²) in [5.41, 5.74) is 9.45. The lowest BCUT2D eigenvalue weighted by molar-refractivity contribution is -0.105. The van der Waals surface area contributed by atoms with Gasteiger partial charge in [0.05, 0.1) is 6.42 Å². The Bertz CT molecular complexity index is 257. The Balaban J connectivity index is 2.87. The number of carbonyl (C=O) groups excluding carboxylic acids is 1. The zero-order valence-corrected chi connectivity index (χ0v) is 5.32. The lowest BCUT2D eigenvalue weighted by Gasteiger charge is -1.94. The summed E-state index contributed by atoms with van der Waals surface area (Å²) in [6.45, 7) is 0. The van der Waals surface area contributed by atoms with Crippen LogP contribution in [0.25, 0.3) is 5.53 Å². The fourth-order valence-corrected chi connectivity index (χ4v) is 0.759. The van der Waals surface area contributed by atoms with Crippen LogP contribution in [0.4, 0.5) is 0 Å². The third-order valence-corrected chi connectivity index (χ3v) is 1.26. The molecular formula is C7H6N2O. The van der Waals surface area contributed by atoms with E-state index in [1.165, 1.54) is 0 Å². The zero-order valence-electron chi connectivity index (χ0n) is 5.32. The largest absolute Gasteiger partial charge is 0.361 e. The lowest BCUT2D eigenvalue weighted by Crippen LogP contribution is -2.01. The number of hydrogen-bond acceptors (Lipinski definition) is 1. The molecule has 1 rings (SSSR count). The van der Waals surface area contributed by atoms with Crippen molar-refractivity contribution < 1.29 is 9.58 Å². The molecule has 0 fully saturated rings. The van der Waals surface area contributed by atoms with Gasteiger partial charge < -0.3 is 5.53 Å². The second-order valence-electron chi connectivity index (χ2n) is 1.99. The molecule has 50 valence electrons. The van der Waals surface area contributed by atoms with Crippen molar-refractivity contribution in [3.05, 3.63) is 29.3 Å². The van der Waals surface area contributed by atoms with Gasteiger partial charge in [0, 0.05) is 11.6 Å². The maximum absolute atomic E-state index is 10.2. The van der Waals surface area contributed by atoms with Crippen molar-refractivity contribution in [2.75, 3.05) is 0 Å². The number of rotatable bonds is 1. The lowest BCUT2D eigenvalue weighted by atomic mass is 10.1. The molecule has 10 heavy (non-hydrogen) atoms. The van der Waals surface area contributed by atoms with E-state index >= 15 is 0 Å². The minimum absolute atomic E-state index is 0.427. The summed E-state index contributed by atoms with van der Waals surface area (Å²) >= 11 is 0. The van der Waals surface area contributed by atoms with Gasteiger partial charge >= 0.3 is 0 Å². The van der Waals surface area contributed by atoms with Crippen LogP contribution in [0.3, 0.4) is 0 Å². The van der Waals surface area contributed by atoms with Gasteiger partial charge in [0.1, 0.15) is 6.29 Å². The molecule has 3 nitrogen and oxygen atoms in total. The van der Waals surface area contributed by atoms with E-state index in [-0.39, 0.29) is 0 Å². The second-order valence-corrected chi connectivity index (χ2v) is 1.99. The highest BCUT2D eigenvalue weighted by atomic mass is 16.1. The Labute approximate surface area is 58.3 Å². The molecule has 0 aromatic heterocycles. The van der Waals surface area contributed by atoms with E-state index in [0.717, 1.165) is 6.29 Å². The van der Waals surface area contributed by atoms with Crippen LogP contribution >= 0.6 is 0 Å². The Morgan fingerprint density at radius 3 is 3.10 bits per heavy atom. The number of aldehydes is 1. The van der Waals surface area contributed by atoms with Gasteiger partial charge in [-0.05, 0) is 0 Å². The van der Waals surface area contributed by atoms with Gasteiger partial charge in [-0.2, -0.15) is 4.79 Å². The number of allylic oxidation sites excluding steroid dienone is 4. The quantitative estimate of drug-likeness (QED) is 0.296. The fourth-order valence-electron chi connectivity index (χ4n) is 0.759. The van der Waals surface area contributed by atoms with E-state index < -0.39 is 0 Å². The molecule has 0 saturated heterocycles. The topological polar surface area (TPSA) is 53.5 Å².